The highest BCUT2D eigenvalue weighted by atomic mass is 16.5. The number of carbonyl (C=O) groups is 2. The molecule has 80 valence electrons. The number of methoxy groups -OCH3 is 2. The molecule has 0 aliphatic heterocycles. The van der Waals surface area contributed by atoms with Crippen molar-refractivity contribution >= 4 is 11.9 Å². The Morgan fingerprint density at radius 2 is 1.86 bits per heavy atom. The largest absolute Gasteiger partial charge is 0.469 e. The Kier molecular flexibility index (Phi) is 5.60. The molecule has 4 nitrogen and oxygen atoms in total. The molecule has 4 heteroatoms. The fourth-order valence-electron chi connectivity index (χ4n) is 0.895. The molecule has 0 aromatic carbocycles. The van der Waals surface area contributed by atoms with E-state index in [0.29, 0.717) is 12.0 Å². The first-order chi connectivity index (χ1) is 6.52. The SMILES string of the molecule is COC(=O)/C(C)=C/CC(C)C(=O)OC. The van der Waals surface area contributed by atoms with Crippen LogP contribution >= 0.6 is 0 Å². The fourth-order valence-corrected chi connectivity index (χ4v) is 0.895. The number of ether oxygens (including phenoxy) is 2. The quantitative estimate of drug-likeness (QED) is 0.507. The average molecular weight is 200 g/mol. The maximum absolute atomic E-state index is 11.0. The van der Waals surface area contributed by atoms with Gasteiger partial charge in [0.15, 0.2) is 0 Å². The van der Waals surface area contributed by atoms with Crippen molar-refractivity contribution in [3.05, 3.63) is 11.6 Å². The molecule has 0 aromatic heterocycles. The smallest absolute Gasteiger partial charge is 0.333 e. The number of allylic oxidation sites excluding steroid dienone is 1. The Morgan fingerprint density at radius 1 is 1.29 bits per heavy atom. The Balaban J connectivity index is 4.15. The van der Waals surface area contributed by atoms with Gasteiger partial charge in [-0.15, -0.1) is 0 Å². The van der Waals surface area contributed by atoms with Gasteiger partial charge in [0.1, 0.15) is 0 Å². The van der Waals surface area contributed by atoms with E-state index in [1.165, 1.54) is 14.2 Å². The van der Waals surface area contributed by atoms with Crippen molar-refractivity contribution in [1.29, 1.82) is 0 Å². The summed E-state index contributed by atoms with van der Waals surface area (Å²) in [5, 5.41) is 0. The predicted molar refractivity (Wildman–Crippen MR) is 51.6 cm³/mol. The molecule has 0 spiro atoms. The van der Waals surface area contributed by atoms with Crippen molar-refractivity contribution < 1.29 is 19.1 Å². The standard InChI is InChI=1S/C10H16O4/c1-7(9(11)13-3)5-6-8(2)10(12)14-4/h5,8H,6H2,1-4H3/b7-5+. The molecule has 0 bridgehead atoms. The fraction of sp³-hybridized carbons (Fsp3) is 0.600. The maximum Gasteiger partial charge on any atom is 0.333 e. The summed E-state index contributed by atoms with van der Waals surface area (Å²) in [6.07, 6.45) is 2.15. The molecule has 1 unspecified atom stereocenters. The molecule has 0 amide bonds. The van der Waals surface area contributed by atoms with Gasteiger partial charge in [-0.2, -0.15) is 0 Å². The first-order valence-electron chi connectivity index (χ1n) is 4.35. The monoisotopic (exact) mass is 200 g/mol. The van der Waals surface area contributed by atoms with E-state index in [4.69, 9.17) is 0 Å². The summed E-state index contributed by atoms with van der Waals surface area (Å²) in [5.74, 6) is -0.888. The Morgan fingerprint density at radius 3 is 2.29 bits per heavy atom. The van der Waals surface area contributed by atoms with Crippen LogP contribution in [0.5, 0.6) is 0 Å². The van der Waals surface area contributed by atoms with Gasteiger partial charge < -0.3 is 9.47 Å². The Bertz CT molecular complexity index is 243. The van der Waals surface area contributed by atoms with Crippen LogP contribution in [0.2, 0.25) is 0 Å². The van der Waals surface area contributed by atoms with E-state index in [0.717, 1.165) is 0 Å². The van der Waals surface area contributed by atoms with Gasteiger partial charge >= 0.3 is 11.9 Å². The second kappa shape index (κ2) is 6.18. The van der Waals surface area contributed by atoms with Crippen LogP contribution in [0.1, 0.15) is 20.3 Å². The van der Waals surface area contributed by atoms with E-state index in [2.05, 4.69) is 9.47 Å². The molecule has 0 rings (SSSR count). The zero-order valence-corrected chi connectivity index (χ0v) is 8.99. The van der Waals surface area contributed by atoms with Gasteiger partial charge in [0, 0.05) is 5.57 Å². The molecule has 0 saturated carbocycles. The summed E-state index contributed by atoms with van der Waals surface area (Å²) in [6, 6.07) is 0. The van der Waals surface area contributed by atoms with Crippen LogP contribution in [-0.2, 0) is 19.1 Å². The van der Waals surface area contributed by atoms with E-state index < -0.39 is 0 Å². The molecule has 1 atom stereocenters. The molecule has 0 aliphatic carbocycles. The van der Waals surface area contributed by atoms with E-state index in [9.17, 15) is 9.59 Å². The lowest BCUT2D eigenvalue weighted by molar-refractivity contribution is -0.144. The van der Waals surface area contributed by atoms with Crippen molar-refractivity contribution in [2.45, 2.75) is 20.3 Å². The minimum Gasteiger partial charge on any atom is -0.469 e. The second-order valence-corrected chi connectivity index (χ2v) is 3.04. The highest BCUT2D eigenvalue weighted by molar-refractivity contribution is 5.87. The maximum atomic E-state index is 11.0. The third kappa shape index (κ3) is 4.07. The molecule has 0 aromatic rings. The third-order valence-corrected chi connectivity index (χ3v) is 1.89. The number of carbonyl (C=O) groups excluding carboxylic acids is 2. The van der Waals surface area contributed by atoms with Crippen LogP contribution < -0.4 is 0 Å². The summed E-state index contributed by atoms with van der Waals surface area (Å²) < 4.78 is 9.05. The van der Waals surface area contributed by atoms with Crippen molar-refractivity contribution in [3.63, 3.8) is 0 Å². The first kappa shape index (κ1) is 12.7. The van der Waals surface area contributed by atoms with Gasteiger partial charge in [0.05, 0.1) is 20.1 Å². The molecular weight excluding hydrogens is 184 g/mol. The zero-order valence-electron chi connectivity index (χ0n) is 8.99. The van der Waals surface area contributed by atoms with Crippen molar-refractivity contribution in [3.8, 4) is 0 Å². The molecule has 0 N–H and O–H groups in total. The highest BCUT2D eigenvalue weighted by Gasteiger charge is 2.12. The number of hydrogen-bond acceptors (Lipinski definition) is 4. The van der Waals surface area contributed by atoms with Gasteiger partial charge in [-0.1, -0.05) is 13.0 Å². The minimum absolute atomic E-state index is 0.236. The predicted octanol–water partition coefficient (Wildman–Crippen LogP) is 1.30. The number of esters is 2. The molecular formula is C10H16O4. The van der Waals surface area contributed by atoms with Crippen LogP contribution in [0.15, 0.2) is 11.6 Å². The summed E-state index contributed by atoms with van der Waals surface area (Å²) in [6.45, 7) is 3.39. The summed E-state index contributed by atoms with van der Waals surface area (Å²) in [7, 11) is 2.67. The first-order valence-corrected chi connectivity index (χ1v) is 4.35. The van der Waals surface area contributed by atoms with E-state index in [1.54, 1.807) is 19.9 Å². The minimum atomic E-state index is -0.373. The van der Waals surface area contributed by atoms with Crippen LogP contribution in [-0.4, -0.2) is 26.2 Å². The summed E-state index contributed by atoms with van der Waals surface area (Å²) >= 11 is 0. The van der Waals surface area contributed by atoms with E-state index in [1.807, 2.05) is 0 Å². The normalized spacial score (nSPS) is 13.3. The zero-order chi connectivity index (χ0) is 11.1. The van der Waals surface area contributed by atoms with Crippen molar-refractivity contribution in [2.24, 2.45) is 5.92 Å². The molecule has 14 heavy (non-hydrogen) atoms. The Hall–Kier alpha value is -1.32. The molecule has 0 radical (unpaired) electrons. The summed E-state index contributed by atoms with van der Waals surface area (Å²) in [5.41, 5.74) is 0.503. The molecule has 0 aliphatic rings. The van der Waals surface area contributed by atoms with Crippen LogP contribution in [0.4, 0.5) is 0 Å². The van der Waals surface area contributed by atoms with Crippen LogP contribution in [0.25, 0.3) is 0 Å². The van der Waals surface area contributed by atoms with Crippen LogP contribution in [0.3, 0.4) is 0 Å². The number of hydrogen-bond donors (Lipinski definition) is 0. The molecule has 0 heterocycles. The highest BCUT2D eigenvalue weighted by Crippen LogP contribution is 2.08. The van der Waals surface area contributed by atoms with Gasteiger partial charge in [-0.25, -0.2) is 4.79 Å². The average Bonchev–Trinajstić information content (AvgIpc) is 2.22. The van der Waals surface area contributed by atoms with Crippen LogP contribution in [0, 0.1) is 5.92 Å². The van der Waals surface area contributed by atoms with Crippen molar-refractivity contribution in [2.75, 3.05) is 14.2 Å². The van der Waals surface area contributed by atoms with Crippen molar-refractivity contribution in [1.82, 2.24) is 0 Å². The Labute approximate surface area is 83.9 Å². The third-order valence-electron chi connectivity index (χ3n) is 1.89. The summed E-state index contributed by atoms with van der Waals surface area (Å²) in [4.78, 5) is 22.0. The van der Waals surface area contributed by atoms with Gasteiger partial charge in [-0.3, -0.25) is 4.79 Å². The van der Waals surface area contributed by atoms with Gasteiger partial charge in [0.25, 0.3) is 0 Å². The van der Waals surface area contributed by atoms with Gasteiger partial charge in [-0.05, 0) is 13.3 Å². The number of rotatable bonds is 4. The molecule has 0 fully saturated rings. The molecule has 0 saturated heterocycles. The second-order valence-electron chi connectivity index (χ2n) is 3.04. The lowest BCUT2D eigenvalue weighted by Gasteiger charge is -2.06. The van der Waals surface area contributed by atoms with E-state index in [-0.39, 0.29) is 17.9 Å². The van der Waals surface area contributed by atoms with E-state index >= 15 is 0 Å². The lowest BCUT2D eigenvalue weighted by Crippen LogP contribution is -2.12. The lowest BCUT2D eigenvalue weighted by atomic mass is 10.1. The topological polar surface area (TPSA) is 52.6 Å². The van der Waals surface area contributed by atoms with Gasteiger partial charge in [0.2, 0.25) is 0 Å².